The van der Waals surface area contributed by atoms with E-state index in [4.69, 9.17) is 0 Å². The van der Waals surface area contributed by atoms with Gasteiger partial charge in [-0.05, 0) is 24.6 Å². The highest BCUT2D eigenvalue weighted by atomic mass is 32.2. The number of benzene rings is 1. The van der Waals surface area contributed by atoms with Gasteiger partial charge in [0.2, 0.25) is 0 Å². The number of hydrogen-bond acceptors (Lipinski definition) is 5. The molecule has 0 fully saturated rings. The minimum Gasteiger partial charge on any atom is -0.277 e. The Labute approximate surface area is 125 Å². The van der Waals surface area contributed by atoms with E-state index in [0.29, 0.717) is 0 Å². The maximum absolute atomic E-state index is 10.8. The molecule has 0 radical (unpaired) electrons. The molecule has 3 rings (SSSR count). The number of rotatable bonds is 4. The lowest BCUT2D eigenvalue weighted by Crippen LogP contribution is -1.94. The third-order valence-corrected chi connectivity index (χ3v) is 4.23. The molecule has 1 aromatic carbocycles. The van der Waals surface area contributed by atoms with Crippen molar-refractivity contribution in [2.24, 2.45) is 0 Å². The highest BCUT2D eigenvalue weighted by Crippen LogP contribution is 2.34. The highest BCUT2D eigenvalue weighted by Gasteiger charge is 2.15. The van der Waals surface area contributed by atoms with Gasteiger partial charge in [-0.1, -0.05) is 30.0 Å². The fraction of sp³-hybridized carbons (Fsp3) is 0.143. The molecule has 3 aromatic rings. The Morgan fingerprint density at radius 1 is 1.24 bits per heavy atom. The molecule has 1 atom stereocenters. The van der Waals surface area contributed by atoms with Gasteiger partial charge < -0.3 is 0 Å². The van der Waals surface area contributed by atoms with Gasteiger partial charge in [-0.15, -0.1) is 10.2 Å². The summed E-state index contributed by atoms with van der Waals surface area (Å²) in [7, 11) is 0. The number of pyridine rings is 1. The third kappa shape index (κ3) is 2.73. The SMILES string of the molecule is CC(Sc1nnc2ccccn12)c1cccc([N+](=O)[O-])c1. The van der Waals surface area contributed by atoms with E-state index in [1.165, 1.54) is 17.8 Å². The zero-order valence-corrected chi connectivity index (χ0v) is 12.0. The van der Waals surface area contributed by atoms with Crippen molar-refractivity contribution in [2.75, 3.05) is 0 Å². The minimum absolute atomic E-state index is 0.0394. The molecule has 2 heterocycles. The van der Waals surface area contributed by atoms with Gasteiger partial charge in [0.1, 0.15) is 0 Å². The fourth-order valence-corrected chi connectivity index (χ4v) is 2.97. The van der Waals surface area contributed by atoms with Gasteiger partial charge in [0.15, 0.2) is 10.8 Å². The van der Waals surface area contributed by atoms with E-state index in [9.17, 15) is 10.1 Å². The first-order valence-electron chi connectivity index (χ1n) is 6.36. The van der Waals surface area contributed by atoms with Crippen LogP contribution in [0.1, 0.15) is 17.7 Å². The van der Waals surface area contributed by atoms with Gasteiger partial charge in [-0.25, -0.2) is 0 Å². The van der Waals surface area contributed by atoms with E-state index in [1.807, 2.05) is 41.8 Å². The fourth-order valence-electron chi connectivity index (χ4n) is 2.02. The second-order valence-electron chi connectivity index (χ2n) is 4.52. The molecule has 0 saturated heterocycles. The van der Waals surface area contributed by atoms with Crippen LogP contribution in [0.2, 0.25) is 0 Å². The van der Waals surface area contributed by atoms with E-state index in [0.717, 1.165) is 16.4 Å². The van der Waals surface area contributed by atoms with E-state index < -0.39 is 0 Å². The molecule has 21 heavy (non-hydrogen) atoms. The summed E-state index contributed by atoms with van der Waals surface area (Å²) in [4.78, 5) is 10.5. The van der Waals surface area contributed by atoms with Crippen molar-refractivity contribution >= 4 is 23.1 Å². The van der Waals surface area contributed by atoms with Crippen molar-refractivity contribution in [2.45, 2.75) is 17.3 Å². The van der Waals surface area contributed by atoms with Crippen LogP contribution in [-0.4, -0.2) is 19.5 Å². The summed E-state index contributed by atoms with van der Waals surface area (Å²) in [6, 6.07) is 12.4. The van der Waals surface area contributed by atoms with Crippen LogP contribution in [0.4, 0.5) is 5.69 Å². The molecule has 7 heteroatoms. The minimum atomic E-state index is -0.382. The van der Waals surface area contributed by atoms with Crippen LogP contribution in [0.25, 0.3) is 5.65 Å². The summed E-state index contributed by atoms with van der Waals surface area (Å²) < 4.78 is 1.90. The summed E-state index contributed by atoms with van der Waals surface area (Å²) in [5, 5.41) is 19.9. The summed E-state index contributed by atoms with van der Waals surface area (Å²) in [6.07, 6.45) is 1.90. The van der Waals surface area contributed by atoms with Crippen molar-refractivity contribution in [1.29, 1.82) is 0 Å². The molecular weight excluding hydrogens is 288 g/mol. The molecule has 0 aliphatic rings. The zero-order chi connectivity index (χ0) is 14.8. The van der Waals surface area contributed by atoms with Gasteiger partial charge in [0, 0.05) is 23.6 Å². The molecule has 0 aliphatic carbocycles. The number of fused-ring (bicyclic) bond motifs is 1. The summed E-state index contributed by atoms with van der Waals surface area (Å²) >= 11 is 1.52. The first kappa shape index (κ1) is 13.6. The van der Waals surface area contributed by atoms with Crippen LogP contribution in [0.3, 0.4) is 0 Å². The number of non-ortho nitro benzene ring substituents is 1. The van der Waals surface area contributed by atoms with Crippen molar-refractivity contribution in [1.82, 2.24) is 14.6 Å². The summed E-state index contributed by atoms with van der Waals surface area (Å²) in [5.74, 6) is 0. The maximum atomic E-state index is 10.8. The van der Waals surface area contributed by atoms with Crippen LogP contribution in [0.5, 0.6) is 0 Å². The van der Waals surface area contributed by atoms with Crippen molar-refractivity contribution in [3.05, 3.63) is 64.3 Å². The lowest BCUT2D eigenvalue weighted by atomic mass is 10.1. The Morgan fingerprint density at radius 2 is 2.10 bits per heavy atom. The second kappa shape index (κ2) is 5.53. The first-order chi connectivity index (χ1) is 10.1. The smallest absolute Gasteiger partial charge is 0.269 e. The molecule has 0 bridgehead atoms. The molecule has 2 aromatic heterocycles. The van der Waals surface area contributed by atoms with Crippen LogP contribution in [0, 0.1) is 10.1 Å². The monoisotopic (exact) mass is 300 g/mol. The summed E-state index contributed by atoms with van der Waals surface area (Å²) in [6.45, 7) is 1.99. The summed E-state index contributed by atoms with van der Waals surface area (Å²) in [5.41, 5.74) is 1.78. The van der Waals surface area contributed by atoms with Gasteiger partial charge in [0.05, 0.1) is 4.92 Å². The van der Waals surface area contributed by atoms with Crippen molar-refractivity contribution in [3.63, 3.8) is 0 Å². The third-order valence-electron chi connectivity index (χ3n) is 3.12. The number of thioether (sulfide) groups is 1. The highest BCUT2D eigenvalue weighted by molar-refractivity contribution is 7.99. The lowest BCUT2D eigenvalue weighted by Gasteiger charge is -2.09. The Hall–Kier alpha value is -2.41. The van der Waals surface area contributed by atoms with Crippen molar-refractivity contribution < 1.29 is 4.92 Å². The molecule has 1 unspecified atom stereocenters. The van der Waals surface area contributed by atoms with Crippen LogP contribution in [0.15, 0.2) is 53.8 Å². The van der Waals surface area contributed by atoms with Crippen LogP contribution >= 0.6 is 11.8 Å². The number of nitro groups is 1. The topological polar surface area (TPSA) is 73.3 Å². The Kier molecular flexibility index (Phi) is 3.57. The number of aromatic nitrogens is 3. The first-order valence-corrected chi connectivity index (χ1v) is 7.24. The van der Waals surface area contributed by atoms with Crippen LogP contribution < -0.4 is 0 Å². The zero-order valence-electron chi connectivity index (χ0n) is 11.2. The van der Waals surface area contributed by atoms with Gasteiger partial charge in [0.25, 0.3) is 5.69 Å². The predicted molar refractivity (Wildman–Crippen MR) is 80.4 cm³/mol. The van der Waals surface area contributed by atoms with E-state index in [2.05, 4.69) is 10.2 Å². The maximum Gasteiger partial charge on any atom is 0.269 e. The molecule has 106 valence electrons. The predicted octanol–water partition coefficient (Wildman–Crippen LogP) is 3.49. The van der Waals surface area contributed by atoms with E-state index >= 15 is 0 Å². The molecule has 6 nitrogen and oxygen atoms in total. The lowest BCUT2D eigenvalue weighted by molar-refractivity contribution is -0.384. The van der Waals surface area contributed by atoms with Crippen molar-refractivity contribution in [3.8, 4) is 0 Å². The Balaban J connectivity index is 1.87. The number of hydrogen-bond donors (Lipinski definition) is 0. The Morgan fingerprint density at radius 3 is 2.90 bits per heavy atom. The van der Waals surface area contributed by atoms with Gasteiger partial charge in [-0.2, -0.15) is 0 Å². The van der Waals surface area contributed by atoms with E-state index in [1.54, 1.807) is 12.1 Å². The van der Waals surface area contributed by atoms with Gasteiger partial charge >= 0.3 is 0 Å². The second-order valence-corrected chi connectivity index (χ2v) is 5.83. The van der Waals surface area contributed by atoms with Gasteiger partial charge in [-0.3, -0.25) is 14.5 Å². The largest absolute Gasteiger partial charge is 0.277 e. The molecular formula is C14H12N4O2S. The molecule has 0 spiro atoms. The van der Waals surface area contributed by atoms with E-state index in [-0.39, 0.29) is 15.9 Å². The quantitative estimate of drug-likeness (QED) is 0.419. The average molecular weight is 300 g/mol. The molecule has 0 N–H and O–H groups in total. The molecule has 0 saturated carbocycles. The average Bonchev–Trinajstić information content (AvgIpc) is 2.91. The molecule has 0 amide bonds. The van der Waals surface area contributed by atoms with Crippen LogP contribution in [-0.2, 0) is 0 Å². The standard InChI is InChI=1S/C14H12N4O2S/c1-10(11-5-4-6-12(9-11)18(19)20)21-14-16-15-13-7-2-3-8-17(13)14/h2-10H,1H3. The number of nitro benzene ring substituents is 1. The normalized spacial score (nSPS) is 12.4. The number of nitrogens with zero attached hydrogens (tertiary/aromatic N) is 4. The Bertz CT molecular complexity index is 802. The molecule has 0 aliphatic heterocycles.